The quantitative estimate of drug-likeness (QED) is 0.659. The van der Waals surface area contributed by atoms with E-state index in [0.29, 0.717) is 12.8 Å². The van der Waals surface area contributed by atoms with E-state index in [1.54, 1.807) is 4.90 Å². The first-order valence-corrected chi connectivity index (χ1v) is 9.20. The molecule has 0 aromatic heterocycles. The third kappa shape index (κ3) is 6.47. The highest BCUT2D eigenvalue weighted by molar-refractivity contribution is 5.95. The molecular formula is C18H34N2O2. The van der Waals surface area contributed by atoms with Gasteiger partial charge < -0.3 is 5.73 Å². The SMILES string of the molecule is CCCCCC(=O)N(C(=O)CCCCC)C1CCCC(N)C1. The maximum Gasteiger partial charge on any atom is 0.229 e. The third-order valence-corrected chi connectivity index (χ3v) is 4.58. The van der Waals surface area contributed by atoms with Crippen LogP contribution in [0, 0.1) is 0 Å². The van der Waals surface area contributed by atoms with Crippen LogP contribution in [-0.2, 0) is 9.59 Å². The average Bonchev–Trinajstić information content (AvgIpc) is 2.48. The zero-order valence-corrected chi connectivity index (χ0v) is 14.5. The minimum atomic E-state index is 0.0223. The van der Waals surface area contributed by atoms with Gasteiger partial charge in [0.2, 0.25) is 11.8 Å². The minimum absolute atomic E-state index is 0.0223. The van der Waals surface area contributed by atoms with Crippen molar-refractivity contribution in [2.75, 3.05) is 0 Å². The van der Waals surface area contributed by atoms with E-state index in [-0.39, 0.29) is 23.9 Å². The molecule has 1 rings (SSSR count). The van der Waals surface area contributed by atoms with Crippen LogP contribution in [0.3, 0.4) is 0 Å². The summed E-state index contributed by atoms with van der Waals surface area (Å²) in [6.45, 7) is 4.25. The number of carbonyl (C=O) groups is 2. The average molecular weight is 310 g/mol. The summed E-state index contributed by atoms with van der Waals surface area (Å²) in [5.74, 6) is 0.0445. The van der Waals surface area contributed by atoms with Gasteiger partial charge in [0.25, 0.3) is 0 Å². The summed E-state index contributed by atoms with van der Waals surface area (Å²) in [5.41, 5.74) is 6.06. The molecule has 2 unspecified atom stereocenters. The van der Waals surface area contributed by atoms with Crippen molar-refractivity contribution in [2.45, 2.75) is 103 Å². The first-order valence-electron chi connectivity index (χ1n) is 9.20. The number of nitrogens with zero attached hydrogens (tertiary/aromatic N) is 1. The number of imide groups is 1. The first kappa shape index (κ1) is 19.1. The molecule has 2 amide bonds. The standard InChI is InChI=1S/C18H34N2O2/c1-3-5-7-12-17(21)20(18(22)13-8-6-4-2)16-11-9-10-15(19)14-16/h15-16H,3-14,19H2,1-2H3. The summed E-state index contributed by atoms with van der Waals surface area (Å²) in [6, 6.07) is 0.167. The van der Waals surface area contributed by atoms with Gasteiger partial charge in [0.15, 0.2) is 0 Å². The molecule has 22 heavy (non-hydrogen) atoms. The van der Waals surface area contributed by atoms with Crippen LogP contribution in [0.5, 0.6) is 0 Å². The smallest absolute Gasteiger partial charge is 0.229 e. The van der Waals surface area contributed by atoms with Crippen LogP contribution in [0.2, 0.25) is 0 Å². The molecule has 2 atom stereocenters. The van der Waals surface area contributed by atoms with E-state index in [9.17, 15) is 9.59 Å². The lowest BCUT2D eigenvalue weighted by molar-refractivity contribution is -0.148. The lowest BCUT2D eigenvalue weighted by Crippen LogP contribution is -2.48. The topological polar surface area (TPSA) is 63.4 Å². The normalized spacial score (nSPS) is 21.6. The van der Waals surface area contributed by atoms with Crippen molar-refractivity contribution in [3.8, 4) is 0 Å². The Morgan fingerprint density at radius 1 is 0.955 bits per heavy atom. The number of amides is 2. The molecule has 4 heteroatoms. The van der Waals surface area contributed by atoms with E-state index >= 15 is 0 Å². The fraction of sp³-hybridized carbons (Fsp3) is 0.889. The van der Waals surface area contributed by atoms with E-state index < -0.39 is 0 Å². The molecule has 0 aromatic carbocycles. The van der Waals surface area contributed by atoms with Crippen molar-refractivity contribution in [3.05, 3.63) is 0 Å². The molecule has 128 valence electrons. The molecule has 0 spiro atoms. The van der Waals surface area contributed by atoms with E-state index in [1.165, 1.54) is 0 Å². The molecule has 1 aliphatic carbocycles. The number of hydrogen-bond acceptors (Lipinski definition) is 3. The lowest BCUT2D eigenvalue weighted by atomic mass is 9.90. The first-order chi connectivity index (χ1) is 10.6. The minimum Gasteiger partial charge on any atom is -0.328 e. The summed E-state index contributed by atoms with van der Waals surface area (Å²) >= 11 is 0. The summed E-state index contributed by atoms with van der Waals surface area (Å²) in [5, 5.41) is 0. The van der Waals surface area contributed by atoms with Gasteiger partial charge >= 0.3 is 0 Å². The zero-order valence-electron chi connectivity index (χ0n) is 14.5. The fourth-order valence-electron chi connectivity index (χ4n) is 3.28. The Balaban J connectivity index is 2.66. The van der Waals surface area contributed by atoms with Crippen LogP contribution in [0.25, 0.3) is 0 Å². The van der Waals surface area contributed by atoms with E-state index in [1.807, 2.05) is 0 Å². The van der Waals surface area contributed by atoms with Gasteiger partial charge in [-0.05, 0) is 38.5 Å². The van der Waals surface area contributed by atoms with Crippen LogP contribution in [0.1, 0.15) is 90.9 Å². The molecule has 0 radical (unpaired) electrons. The third-order valence-electron chi connectivity index (χ3n) is 4.58. The molecule has 4 nitrogen and oxygen atoms in total. The molecule has 0 heterocycles. The van der Waals surface area contributed by atoms with Crippen molar-refractivity contribution in [3.63, 3.8) is 0 Å². The number of rotatable bonds is 9. The lowest BCUT2D eigenvalue weighted by Gasteiger charge is -2.35. The number of nitrogens with two attached hydrogens (primary N) is 1. The Hall–Kier alpha value is -0.900. The van der Waals surface area contributed by atoms with Crippen LogP contribution in [0.4, 0.5) is 0 Å². The second-order valence-electron chi connectivity index (χ2n) is 6.65. The molecule has 1 saturated carbocycles. The van der Waals surface area contributed by atoms with Gasteiger partial charge in [-0.15, -0.1) is 0 Å². The molecule has 1 fully saturated rings. The molecule has 1 aliphatic rings. The molecular weight excluding hydrogens is 276 g/mol. The highest BCUT2D eigenvalue weighted by atomic mass is 16.2. The van der Waals surface area contributed by atoms with Crippen molar-refractivity contribution in [2.24, 2.45) is 5.73 Å². The second-order valence-corrected chi connectivity index (χ2v) is 6.65. The molecule has 0 saturated heterocycles. The molecule has 0 aliphatic heterocycles. The van der Waals surface area contributed by atoms with Crippen molar-refractivity contribution in [1.29, 1.82) is 0 Å². The highest BCUT2D eigenvalue weighted by Crippen LogP contribution is 2.24. The molecule has 0 bridgehead atoms. The van der Waals surface area contributed by atoms with E-state index in [2.05, 4.69) is 13.8 Å². The van der Waals surface area contributed by atoms with Gasteiger partial charge in [0.1, 0.15) is 0 Å². The highest BCUT2D eigenvalue weighted by Gasteiger charge is 2.31. The van der Waals surface area contributed by atoms with Gasteiger partial charge in [0.05, 0.1) is 0 Å². The fourth-order valence-corrected chi connectivity index (χ4v) is 3.28. The van der Waals surface area contributed by atoms with Gasteiger partial charge in [-0.2, -0.15) is 0 Å². The zero-order chi connectivity index (χ0) is 16.4. The van der Waals surface area contributed by atoms with Crippen molar-refractivity contribution < 1.29 is 9.59 Å². The van der Waals surface area contributed by atoms with Crippen molar-refractivity contribution in [1.82, 2.24) is 4.90 Å². The van der Waals surface area contributed by atoms with Gasteiger partial charge in [-0.25, -0.2) is 0 Å². The summed E-state index contributed by atoms with van der Waals surface area (Å²) in [7, 11) is 0. The van der Waals surface area contributed by atoms with Crippen LogP contribution >= 0.6 is 0 Å². The monoisotopic (exact) mass is 310 g/mol. The van der Waals surface area contributed by atoms with E-state index in [0.717, 1.165) is 64.2 Å². The predicted octanol–water partition coefficient (Wildman–Crippen LogP) is 3.77. The number of hydrogen-bond donors (Lipinski definition) is 1. The summed E-state index contributed by atoms with van der Waals surface area (Å²) < 4.78 is 0. The Bertz CT molecular complexity index is 322. The Morgan fingerprint density at radius 2 is 1.50 bits per heavy atom. The largest absolute Gasteiger partial charge is 0.328 e. The van der Waals surface area contributed by atoms with Crippen molar-refractivity contribution >= 4 is 11.8 Å². The Labute approximate surface area is 135 Å². The number of unbranched alkanes of at least 4 members (excludes halogenated alkanes) is 4. The predicted molar refractivity (Wildman–Crippen MR) is 90.4 cm³/mol. The molecule has 2 N–H and O–H groups in total. The van der Waals surface area contributed by atoms with Gasteiger partial charge in [-0.3, -0.25) is 14.5 Å². The van der Waals surface area contributed by atoms with Gasteiger partial charge in [0, 0.05) is 24.9 Å². The summed E-state index contributed by atoms with van der Waals surface area (Å²) in [6.07, 6.45) is 10.8. The maximum absolute atomic E-state index is 12.6. The number of carbonyl (C=O) groups excluding carboxylic acids is 2. The van der Waals surface area contributed by atoms with Crippen LogP contribution in [-0.4, -0.2) is 28.8 Å². The Kier molecular flexibility index (Phi) is 9.37. The van der Waals surface area contributed by atoms with Gasteiger partial charge in [-0.1, -0.05) is 39.5 Å². The Morgan fingerprint density at radius 3 is 1.95 bits per heavy atom. The van der Waals surface area contributed by atoms with Crippen LogP contribution in [0.15, 0.2) is 0 Å². The maximum atomic E-state index is 12.6. The molecule has 0 aromatic rings. The van der Waals surface area contributed by atoms with Crippen LogP contribution < -0.4 is 5.73 Å². The second kappa shape index (κ2) is 10.8. The summed E-state index contributed by atoms with van der Waals surface area (Å²) in [4.78, 5) is 26.7. The van der Waals surface area contributed by atoms with E-state index in [4.69, 9.17) is 5.73 Å².